The zero-order valence-electron chi connectivity index (χ0n) is 32.2. The maximum Gasteiger partial charge on any atom is 0.474 e. The number of ether oxygens (including phenoxy) is 5. The maximum absolute atomic E-state index is 14.1. The first-order valence-corrected chi connectivity index (χ1v) is 21.1. The molecule has 10 nitrogen and oxygen atoms in total. The average Bonchev–Trinajstić information content (AvgIpc) is 3.60. The molecule has 6 atom stereocenters. The summed E-state index contributed by atoms with van der Waals surface area (Å²) in [4.78, 5) is 25.4. The maximum atomic E-state index is 14.1. The predicted molar refractivity (Wildman–Crippen MR) is 221 cm³/mol. The number of hydrogen-bond acceptors (Lipinski definition) is 9. The first-order valence-electron chi connectivity index (χ1n) is 19.6. The van der Waals surface area contributed by atoms with E-state index >= 15 is 0 Å². The van der Waals surface area contributed by atoms with E-state index in [4.69, 9.17) is 32.7 Å². The van der Waals surface area contributed by atoms with Gasteiger partial charge in [0.25, 0.3) is 0 Å². The molecule has 0 amide bonds. The summed E-state index contributed by atoms with van der Waals surface area (Å²) in [6, 6.07) is 53.0. The summed E-state index contributed by atoms with van der Waals surface area (Å²) in [5, 5.41) is 0. The molecule has 8 rings (SSSR count). The molecule has 0 aromatic heterocycles. The molecule has 59 heavy (non-hydrogen) atoms. The Hall–Kier alpha value is -5.26. The van der Waals surface area contributed by atoms with Crippen LogP contribution >= 0.6 is 7.82 Å². The molecule has 0 saturated carbocycles. The molecule has 11 heteroatoms. The van der Waals surface area contributed by atoms with Gasteiger partial charge in [0.2, 0.25) is 0 Å². The van der Waals surface area contributed by atoms with Crippen LogP contribution in [0.15, 0.2) is 170 Å². The van der Waals surface area contributed by atoms with Gasteiger partial charge < -0.3 is 28.6 Å². The minimum Gasteiger partial charge on any atom is -0.453 e. The lowest BCUT2D eigenvalue weighted by Crippen LogP contribution is -2.62. The van der Waals surface area contributed by atoms with Crippen LogP contribution in [-0.2, 0) is 57.1 Å². The summed E-state index contributed by atoms with van der Waals surface area (Å²) in [5.41, 5.74) is 6.94. The quantitative estimate of drug-likeness (QED) is 0.0705. The van der Waals surface area contributed by atoms with Crippen molar-refractivity contribution in [2.75, 3.05) is 13.2 Å². The van der Waals surface area contributed by atoms with E-state index in [9.17, 15) is 14.3 Å². The average molecular weight is 813 g/mol. The van der Waals surface area contributed by atoms with Gasteiger partial charge in [-0.2, -0.15) is 0 Å². The first kappa shape index (κ1) is 40.5. The fraction of sp³-hybridized carbons (Fsp3) is 0.229. The van der Waals surface area contributed by atoms with E-state index in [0.29, 0.717) is 5.56 Å². The molecule has 6 aromatic rings. The lowest BCUT2D eigenvalue weighted by atomic mass is 9.98. The van der Waals surface area contributed by atoms with Crippen LogP contribution in [0.25, 0.3) is 11.1 Å². The van der Waals surface area contributed by atoms with Gasteiger partial charge in [-0.25, -0.2) is 9.36 Å². The molecule has 0 bridgehead atoms. The summed E-state index contributed by atoms with van der Waals surface area (Å²) in [7, 11) is -4.90. The van der Waals surface area contributed by atoms with Crippen LogP contribution < -0.4 is 0 Å². The van der Waals surface area contributed by atoms with Crippen molar-refractivity contribution in [3.63, 3.8) is 0 Å². The topological polar surface area (TPSA) is 119 Å². The number of benzene rings is 6. The van der Waals surface area contributed by atoms with Crippen molar-refractivity contribution in [1.29, 1.82) is 0 Å². The molecular weight excluding hydrogens is 767 g/mol. The molecule has 1 N–H and O–H groups in total. The highest BCUT2D eigenvalue weighted by Crippen LogP contribution is 2.51. The molecule has 0 radical (unpaired) electrons. The van der Waals surface area contributed by atoms with E-state index < -0.39 is 44.5 Å². The molecule has 0 spiro atoms. The fourth-order valence-electron chi connectivity index (χ4n) is 7.55. The Morgan fingerprint density at radius 1 is 0.559 bits per heavy atom. The molecular formula is C48H45O10P. The van der Waals surface area contributed by atoms with Crippen molar-refractivity contribution in [3.05, 3.63) is 203 Å². The molecule has 1 saturated heterocycles. The third-order valence-corrected chi connectivity index (χ3v) is 11.4. The van der Waals surface area contributed by atoms with Crippen LogP contribution in [0.5, 0.6) is 0 Å². The van der Waals surface area contributed by atoms with Crippen LogP contribution in [0, 0.1) is 0 Å². The number of phosphoric ester groups is 1. The number of fused-ring (bicyclic) bond motifs is 3. The molecule has 2 aliphatic rings. The van der Waals surface area contributed by atoms with Crippen molar-refractivity contribution in [1.82, 2.24) is 0 Å². The molecule has 1 heterocycles. The molecule has 1 aliphatic heterocycles. The van der Waals surface area contributed by atoms with E-state index in [1.807, 2.05) is 140 Å². The lowest BCUT2D eigenvalue weighted by Gasteiger charge is -2.45. The van der Waals surface area contributed by atoms with Gasteiger partial charge in [0.1, 0.15) is 18.3 Å². The highest BCUT2D eigenvalue weighted by atomic mass is 31.2. The summed E-state index contributed by atoms with van der Waals surface area (Å²) in [5.74, 6) is -0.970. The SMILES string of the molecule is O=C(O[C@H]1[C@H](OCc2ccccc2)[C@@H](COCc2ccccc2)OC(OP(=O)(O)OCC2c3ccccc3-c3ccccc32)[C@@H]1OCc1ccccc1)c1ccccc1. The van der Waals surface area contributed by atoms with Gasteiger partial charge in [0.05, 0.1) is 38.6 Å². The summed E-state index contributed by atoms with van der Waals surface area (Å²) >= 11 is 0. The number of carbonyl (C=O) groups excluding carboxylic acids is 1. The number of phosphoric acid groups is 1. The third-order valence-electron chi connectivity index (χ3n) is 10.4. The van der Waals surface area contributed by atoms with Crippen LogP contribution in [0.3, 0.4) is 0 Å². The third kappa shape index (κ3) is 10.1. The Morgan fingerprint density at radius 2 is 1.03 bits per heavy atom. The minimum atomic E-state index is -4.90. The van der Waals surface area contributed by atoms with Crippen molar-refractivity contribution in [3.8, 4) is 11.1 Å². The van der Waals surface area contributed by atoms with Gasteiger partial charge >= 0.3 is 13.8 Å². The Morgan fingerprint density at radius 3 is 1.59 bits per heavy atom. The molecule has 1 fully saturated rings. The van der Waals surface area contributed by atoms with Crippen LogP contribution in [-0.4, -0.2) is 54.8 Å². The zero-order valence-corrected chi connectivity index (χ0v) is 33.1. The molecule has 2 unspecified atom stereocenters. The van der Waals surface area contributed by atoms with Crippen molar-refractivity contribution in [2.24, 2.45) is 0 Å². The van der Waals surface area contributed by atoms with Gasteiger partial charge in [0.15, 0.2) is 12.4 Å². The normalized spacial score (nSPS) is 20.9. The molecule has 302 valence electrons. The summed E-state index contributed by atoms with van der Waals surface area (Å²) in [6.07, 6.45) is -6.01. The zero-order chi connectivity index (χ0) is 40.4. The van der Waals surface area contributed by atoms with Crippen LogP contribution in [0.2, 0.25) is 0 Å². The number of esters is 1. The second-order valence-electron chi connectivity index (χ2n) is 14.4. The van der Waals surface area contributed by atoms with Gasteiger partial charge in [0, 0.05) is 5.92 Å². The smallest absolute Gasteiger partial charge is 0.453 e. The lowest BCUT2D eigenvalue weighted by molar-refractivity contribution is -0.303. The first-order chi connectivity index (χ1) is 28.9. The van der Waals surface area contributed by atoms with E-state index in [0.717, 1.165) is 38.9 Å². The monoisotopic (exact) mass is 812 g/mol. The molecule has 6 aromatic carbocycles. The summed E-state index contributed by atoms with van der Waals surface area (Å²) < 4.78 is 58.1. The Kier molecular flexibility index (Phi) is 13.2. The number of rotatable bonds is 17. The Bertz CT molecular complexity index is 2270. The van der Waals surface area contributed by atoms with E-state index in [-0.39, 0.29) is 39.0 Å². The second-order valence-corrected chi connectivity index (χ2v) is 15.8. The van der Waals surface area contributed by atoms with Crippen LogP contribution in [0.1, 0.15) is 44.1 Å². The Balaban J connectivity index is 1.11. The van der Waals surface area contributed by atoms with Gasteiger partial charge in [-0.05, 0) is 51.1 Å². The Labute approximate surface area is 343 Å². The number of carbonyl (C=O) groups is 1. The molecule has 1 aliphatic carbocycles. The van der Waals surface area contributed by atoms with Gasteiger partial charge in [-0.3, -0.25) is 9.05 Å². The predicted octanol–water partition coefficient (Wildman–Crippen LogP) is 9.27. The minimum absolute atomic E-state index is 0.0287. The summed E-state index contributed by atoms with van der Waals surface area (Å²) in [6.45, 7) is 0.202. The van der Waals surface area contributed by atoms with E-state index in [2.05, 4.69) is 0 Å². The second kappa shape index (κ2) is 19.2. The van der Waals surface area contributed by atoms with Crippen molar-refractivity contribution in [2.45, 2.75) is 56.4 Å². The van der Waals surface area contributed by atoms with Gasteiger partial charge in [-0.1, -0.05) is 158 Å². The highest BCUT2D eigenvalue weighted by molar-refractivity contribution is 7.47. The highest BCUT2D eigenvalue weighted by Gasteiger charge is 2.52. The van der Waals surface area contributed by atoms with Gasteiger partial charge in [-0.15, -0.1) is 0 Å². The van der Waals surface area contributed by atoms with Crippen molar-refractivity contribution < 1.29 is 47.0 Å². The van der Waals surface area contributed by atoms with E-state index in [1.54, 1.807) is 30.3 Å². The largest absolute Gasteiger partial charge is 0.474 e. The van der Waals surface area contributed by atoms with E-state index in [1.165, 1.54) is 0 Å². The van der Waals surface area contributed by atoms with Crippen molar-refractivity contribution >= 4 is 13.8 Å². The fourth-order valence-corrected chi connectivity index (χ4v) is 8.38. The standard InChI is InChI=1S/C48H45O10P/c49-47(37-23-11-4-12-24-37)57-45-44(53-30-35-19-7-2-8-20-35)43(33-52-29-34-17-5-1-6-18-34)56-48(46(45)54-31-36-21-9-3-10-22-36)58-59(50,51)55-32-42-40-27-15-13-25-38(40)39-26-14-16-28-41(39)42/h1-28,42-46,48H,29-33H2,(H,50,51)/t43-,44-,45+,46-,48?/m1/s1. The number of hydrogen-bond donors (Lipinski definition) is 1. The van der Waals surface area contributed by atoms with Crippen LogP contribution in [0.4, 0.5) is 0 Å².